The highest BCUT2D eigenvalue weighted by Crippen LogP contribution is 2.34. The number of hydrogen-bond acceptors (Lipinski definition) is 5. The SMILES string of the molecule is CC(C)OCc1nc(C2(N)CCCC2)no1.Cl. The van der Waals surface area contributed by atoms with Gasteiger partial charge in [0.25, 0.3) is 5.89 Å². The van der Waals surface area contributed by atoms with Gasteiger partial charge < -0.3 is 15.0 Å². The lowest BCUT2D eigenvalue weighted by molar-refractivity contribution is 0.0485. The van der Waals surface area contributed by atoms with Crippen LogP contribution < -0.4 is 5.73 Å². The molecule has 1 aliphatic carbocycles. The van der Waals surface area contributed by atoms with E-state index in [0.29, 0.717) is 18.3 Å². The predicted molar refractivity (Wildman–Crippen MR) is 65.8 cm³/mol. The highest BCUT2D eigenvalue weighted by Gasteiger charge is 2.35. The summed E-state index contributed by atoms with van der Waals surface area (Å²) in [5.41, 5.74) is 5.85. The third-order valence-corrected chi connectivity index (χ3v) is 2.95. The van der Waals surface area contributed by atoms with Crippen LogP contribution in [-0.4, -0.2) is 16.2 Å². The third kappa shape index (κ3) is 3.40. The van der Waals surface area contributed by atoms with Crippen LogP contribution in [0, 0.1) is 0 Å². The van der Waals surface area contributed by atoms with E-state index in [1.807, 2.05) is 13.8 Å². The first-order chi connectivity index (χ1) is 7.60. The molecule has 0 aromatic carbocycles. The van der Waals surface area contributed by atoms with E-state index in [2.05, 4.69) is 10.1 Å². The van der Waals surface area contributed by atoms with Crippen LogP contribution in [-0.2, 0) is 16.9 Å². The van der Waals surface area contributed by atoms with E-state index in [0.717, 1.165) is 25.7 Å². The first-order valence-electron chi connectivity index (χ1n) is 5.84. The van der Waals surface area contributed by atoms with Crippen molar-refractivity contribution in [2.45, 2.75) is 57.8 Å². The van der Waals surface area contributed by atoms with Crippen molar-refractivity contribution in [3.05, 3.63) is 11.7 Å². The molecule has 1 aromatic rings. The Balaban J connectivity index is 0.00000144. The molecule has 0 radical (unpaired) electrons. The second kappa shape index (κ2) is 5.80. The van der Waals surface area contributed by atoms with Crippen LogP contribution in [0.25, 0.3) is 0 Å². The largest absolute Gasteiger partial charge is 0.369 e. The number of hydrogen-bond donors (Lipinski definition) is 1. The average Bonchev–Trinajstić information content (AvgIpc) is 2.84. The Morgan fingerprint density at radius 1 is 1.41 bits per heavy atom. The second-order valence-electron chi connectivity index (χ2n) is 4.73. The zero-order chi connectivity index (χ0) is 11.6. The molecule has 5 nitrogen and oxygen atoms in total. The Morgan fingerprint density at radius 2 is 2.06 bits per heavy atom. The van der Waals surface area contributed by atoms with Gasteiger partial charge in [0.15, 0.2) is 5.82 Å². The lowest BCUT2D eigenvalue weighted by Gasteiger charge is -2.17. The van der Waals surface area contributed by atoms with Gasteiger partial charge in [-0.1, -0.05) is 18.0 Å². The fourth-order valence-corrected chi connectivity index (χ4v) is 1.98. The lowest BCUT2D eigenvalue weighted by Crippen LogP contribution is -2.34. The van der Waals surface area contributed by atoms with Crippen molar-refractivity contribution in [3.63, 3.8) is 0 Å². The fourth-order valence-electron chi connectivity index (χ4n) is 1.98. The van der Waals surface area contributed by atoms with Crippen LogP contribution in [0.2, 0.25) is 0 Å². The number of halogens is 1. The molecule has 0 amide bonds. The van der Waals surface area contributed by atoms with Gasteiger partial charge in [-0.05, 0) is 26.7 Å². The van der Waals surface area contributed by atoms with Gasteiger partial charge in [-0.2, -0.15) is 4.98 Å². The van der Waals surface area contributed by atoms with Crippen molar-refractivity contribution in [1.82, 2.24) is 10.1 Å². The molecule has 1 aromatic heterocycles. The second-order valence-corrected chi connectivity index (χ2v) is 4.73. The Hall–Kier alpha value is -0.650. The van der Waals surface area contributed by atoms with Gasteiger partial charge in [-0.25, -0.2) is 0 Å². The molecule has 0 atom stereocenters. The predicted octanol–water partition coefficient (Wildman–Crippen LogP) is 2.14. The van der Waals surface area contributed by atoms with Crippen LogP contribution >= 0.6 is 12.4 Å². The molecule has 1 saturated carbocycles. The number of rotatable bonds is 4. The summed E-state index contributed by atoms with van der Waals surface area (Å²) >= 11 is 0. The van der Waals surface area contributed by atoms with Gasteiger partial charge in [0.1, 0.15) is 6.61 Å². The Labute approximate surface area is 108 Å². The van der Waals surface area contributed by atoms with Crippen molar-refractivity contribution in [1.29, 1.82) is 0 Å². The van der Waals surface area contributed by atoms with Crippen molar-refractivity contribution < 1.29 is 9.26 Å². The molecule has 6 heteroatoms. The number of ether oxygens (including phenoxy) is 1. The minimum absolute atomic E-state index is 0. The monoisotopic (exact) mass is 261 g/mol. The normalized spacial score (nSPS) is 18.4. The maximum Gasteiger partial charge on any atom is 0.252 e. The molecular weight excluding hydrogens is 242 g/mol. The minimum atomic E-state index is -0.375. The molecule has 0 spiro atoms. The van der Waals surface area contributed by atoms with Crippen molar-refractivity contribution in [3.8, 4) is 0 Å². The molecule has 1 heterocycles. The van der Waals surface area contributed by atoms with Gasteiger partial charge in [0.05, 0.1) is 11.6 Å². The van der Waals surface area contributed by atoms with Crippen LogP contribution in [0.4, 0.5) is 0 Å². The zero-order valence-electron chi connectivity index (χ0n) is 10.3. The van der Waals surface area contributed by atoms with E-state index in [1.165, 1.54) is 0 Å². The van der Waals surface area contributed by atoms with E-state index < -0.39 is 0 Å². The molecule has 2 N–H and O–H groups in total. The number of aromatic nitrogens is 2. The standard InChI is InChI=1S/C11H19N3O2.ClH/c1-8(2)15-7-9-13-10(14-16-9)11(12)5-3-4-6-11;/h8H,3-7,12H2,1-2H3;1H. The van der Waals surface area contributed by atoms with Crippen molar-refractivity contribution in [2.24, 2.45) is 5.73 Å². The zero-order valence-corrected chi connectivity index (χ0v) is 11.1. The molecule has 0 bridgehead atoms. The quantitative estimate of drug-likeness (QED) is 0.899. The highest BCUT2D eigenvalue weighted by molar-refractivity contribution is 5.85. The maximum absolute atomic E-state index is 6.22. The van der Waals surface area contributed by atoms with Crippen molar-refractivity contribution >= 4 is 12.4 Å². The smallest absolute Gasteiger partial charge is 0.252 e. The molecule has 0 saturated heterocycles. The average molecular weight is 262 g/mol. The summed E-state index contributed by atoms with van der Waals surface area (Å²) in [5.74, 6) is 1.15. The topological polar surface area (TPSA) is 74.2 Å². The first-order valence-corrected chi connectivity index (χ1v) is 5.84. The Morgan fingerprint density at radius 3 is 2.65 bits per heavy atom. The van der Waals surface area contributed by atoms with E-state index >= 15 is 0 Å². The van der Waals surface area contributed by atoms with Gasteiger partial charge in [-0.3, -0.25) is 0 Å². The first kappa shape index (κ1) is 14.4. The Kier molecular flexibility index (Phi) is 4.91. The van der Waals surface area contributed by atoms with Crippen molar-refractivity contribution in [2.75, 3.05) is 0 Å². The van der Waals surface area contributed by atoms with Gasteiger partial charge in [0, 0.05) is 0 Å². The van der Waals surface area contributed by atoms with Gasteiger partial charge in [0.2, 0.25) is 0 Å². The molecule has 98 valence electrons. The molecule has 1 aliphatic rings. The summed E-state index contributed by atoms with van der Waals surface area (Å²) in [7, 11) is 0. The summed E-state index contributed by atoms with van der Waals surface area (Å²) in [6, 6.07) is 0. The van der Waals surface area contributed by atoms with E-state index in [4.69, 9.17) is 15.0 Å². The van der Waals surface area contributed by atoms with Crippen LogP contribution in [0.15, 0.2) is 4.52 Å². The summed E-state index contributed by atoms with van der Waals surface area (Å²) in [5, 5.41) is 3.96. The molecule has 1 fully saturated rings. The molecular formula is C11H20ClN3O2. The van der Waals surface area contributed by atoms with E-state index in [9.17, 15) is 0 Å². The maximum atomic E-state index is 6.22. The highest BCUT2D eigenvalue weighted by atomic mass is 35.5. The van der Waals surface area contributed by atoms with E-state index in [-0.39, 0.29) is 24.0 Å². The summed E-state index contributed by atoms with van der Waals surface area (Å²) in [6.07, 6.45) is 4.33. The summed E-state index contributed by atoms with van der Waals surface area (Å²) < 4.78 is 10.5. The summed E-state index contributed by atoms with van der Waals surface area (Å²) in [4.78, 5) is 4.31. The Bertz CT molecular complexity index is 348. The van der Waals surface area contributed by atoms with Gasteiger partial charge in [-0.15, -0.1) is 12.4 Å². The lowest BCUT2D eigenvalue weighted by atomic mass is 9.99. The summed E-state index contributed by atoms with van der Waals surface area (Å²) in [6.45, 7) is 4.30. The van der Waals surface area contributed by atoms with Crippen LogP contribution in [0.3, 0.4) is 0 Å². The van der Waals surface area contributed by atoms with Gasteiger partial charge >= 0.3 is 0 Å². The number of nitrogens with two attached hydrogens (primary N) is 1. The van der Waals surface area contributed by atoms with E-state index in [1.54, 1.807) is 0 Å². The fraction of sp³-hybridized carbons (Fsp3) is 0.818. The molecule has 2 rings (SSSR count). The molecule has 0 unspecified atom stereocenters. The minimum Gasteiger partial charge on any atom is -0.369 e. The van der Waals surface area contributed by atoms with Crippen LogP contribution in [0.1, 0.15) is 51.2 Å². The van der Waals surface area contributed by atoms with Crippen LogP contribution in [0.5, 0.6) is 0 Å². The molecule has 0 aliphatic heterocycles. The third-order valence-electron chi connectivity index (χ3n) is 2.95. The molecule has 17 heavy (non-hydrogen) atoms. The number of nitrogens with zero attached hydrogens (tertiary/aromatic N) is 2.